The second-order valence-electron chi connectivity index (χ2n) is 6.70. The third kappa shape index (κ3) is 3.73. The van der Waals surface area contributed by atoms with Gasteiger partial charge in [0.2, 0.25) is 0 Å². The normalized spacial score (nSPS) is 11.4. The van der Waals surface area contributed by atoms with E-state index in [4.69, 9.17) is 21.2 Å². The number of nitrogens with two attached hydrogens (primary N) is 2. The summed E-state index contributed by atoms with van der Waals surface area (Å²) in [5.74, 6) is 1.02. The largest absolute Gasteiger partial charge is 0.465 e. The number of hydrogen-bond donors (Lipinski definition) is 2. The van der Waals surface area contributed by atoms with E-state index in [-0.39, 0.29) is 0 Å². The van der Waals surface area contributed by atoms with Crippen LogP contribution in [-0.2, 0) is 17.7 Å². The van der Waals surface area contributed by atoms with Gasteiger partial charge in [0.1, 0.15) is 11.3 Å². The number of rotatable bonds is 8. The molecule has 0 saturated heterocycles. The molecule has 0 unspecified atom stereocenters. The Bertz CT molecular complexity index is 964. The van der Waals surface area contributed by atoms with Gasteiger partial charge in [-0.05, 0) is 44.0 Å². The first-order valence-electron chi connectivity index (χ1n) is 9.47. The number of aryl methyl sites for hydroxylation is 2. The predicted octanol–water partition coefficient (Wildman–Crippen LogP) is 3.03. The van der Waals surface area contributed by atoms with Crippen LogP contribution in [-0.4, -0.2) is 34.2 Å². The van der Waals surface area contributed by atoms with Gasteiger partial charge in [0.15, 0.2) is 5.82 Å². The molecule has 2 heterocycles. The fourth-order valence-electron chi connectivity index (χ4n) is 3.38. The Kier molecular flexibility index (Phi) is 5.91. The molecule has 0 aliphatic carbocycles. The van der Waals surface area contributed by atoms with E-state index >= 15 is 0 Å². The molecule has 144 valence electrons. The molecule has 0 bridgehead atoms. The lowest BCUT2D eigenvalue weighted by Crippen LogP contribution is -2.07. The average molecular weight is 369 g/mol. The minimum atomic E-state index is -0.391. The molecule has 3 rings (SSSR count). The predicted molar refractivity (Wildman–Crippen MR) is 108 cm³/mol. The number of pyridine rings is 1. The van der Waals surface area contributed by atoms with E-state index in [2.05, 4.69) is 16.5 Å². The Labute approximate surface area is 158 Å². The van der Waals surface area contributed by atoms with Crippen LogP contribution in [0.3, 0.4) is 0 Å². The number of nitrogen functional groups attached to an aromatic ring is 1. The zero-order chi connectivity index (χ0) is 19.4. The summed E-state index contributed by atoms with van der Waals surface area (Å²) < 4.78 is 7.06. The summed E-state index contributed by atoms with van der Waals surface area (Å²) in [4.78, 5) is 21.2. The van der Waals surface area contributed by atoms with Crippen LogP contribution in [0, 0.1) is 0 Å². The van der Waals surface area contributed by atoms with E-state index in [9.17, 15) is 4.79 Å². The Hall–Kier alpha value is -2.67. The monoisotopic (exact) mass is 369 g/mol. The molecule has 0 spiro atoms. The van der Waals surface area contributed by atoms with Crippen molar-refractivity contribution in [3.8, 4) is 0 Å². The number of hydrogen-bond acceptors (Lipinski definition) is 6. The van der Waals surface area contributed by atoms with Crippen molar-refractivity contribution in [2.75, 3.05) is 19.4 Å². The molecule has 0 radical (unpaired) electrons. The van der Waals surface area contributed by atoms with Gasteiger partial charge >= 0.3 is 5.97 Å². The minimum absolute atomic E-state index is 0.384. The van der Waals surface area contributed by atoms with E-state index in [1.807, 2.05) is 6.07 Å². The summed E-state index contributed by atoms with van der Waals surface area (Å²) in [6, 6.07) is 5.38. The van der Waals surface area contributed by atoms with E-state index in [1.54, 1.807) is 12.1 Å². The van der Waals surface area contributed by atoms with Crippen LogP contribution in [0.2, 0.25) is 0 Å². The molecule has 0 saturated carbocycles. The van der Waals surface area contributed by atoms with E-state index in [1.165, 1.54) is 7.11 Å². The van der Waals surface area contributed by atoms with Crippen molar-refractivity contribution in [3.63, 3.8) is 0 Å². The molecular formula is C20H27N5O2. The van der Waals surface area contributed by atoms with Gasteiger partial charge in [0, 0.05) is 18.4 Å². The van der Waals surface area contributed by atoms with Crippen LogP contribution in [0.4, 0.5) is 5.82 Å². The zero-order valence-electron chi connectivity index (χ0n) is 16.0. The number of esters is 1. The van der Waals surface area contributed by atoms with Gasteiger partial charge in [-0.2, -0.15) is 0 Å². The number of benzene rings is 1. The van der Waals surface area contributed by atoms with Crippen molar-refractivity contribution < 1.29 is 9.53 Å². The fraction of sp³-hybridized carbons (Fsp3) is 0.450. The average Bonchev–Trinajstić information content (AvgIpc) is 3.05. The standard InChI is InChI=1S/C20H27N5O2/c1-3-4-7-16-24-17-18(25(16)11-6-5-10-21)14-9-8-13(20(26)27-2)12-15(14)23-19(17)22/h8-9,12H,3-7,10-11,21H2,1-2H3,(H2,22,23). The van der Waals surface area contributed by atoms with E-state index < -0.39 is 5.97 Å². The molecule has 0 fully saturated rings. The topological polar surface area (TPSA) is 109 Å². The first-order chi connectivity index (χ1) is 13.1. The van der Waals surface area contributed by atoms with Crippen molar-refractivity contribution in [3.05, 3.63) is 29.6 Å². The number of imidazole rings is 1. The second-order valence-corrected chi connectivity index (χ2v) is 6.70. The third-order valence-electron chi connectivity index (χ3n) is 4.79. The molecular weight excluding hydrogens is 342 g/mol. The highest BCUT2D eigenvalue weighted by Crippen LogP contribution is 2.30. The lowest BCUT2D eigenvalue weighted by molar-refractivity contribution is 0.0601. The van der Waals surface area contributed by atoms with Gasteiger partial charge in [-0.15, -0.1) is 0 Å². The van der Waals surface area contributed by atoms with Crippen LogP contribution in [0.5, 0.6) is 0 Å². The Morgan fingerprint density at radius 3 is 2.74 bits per heavy atom. The summed E-state index contributed by atoms with van der Waals surface area (Å²) in [5.41, 5.74) is 14.7. The van der Waals surface area contributed by atoms with Gasteiger partial charge < -0.3 is 20.8 Å². The molecule has 7 heteroatoms. The fourth-order valence-corrected chi connectivity index (χ4v) is 3.38. The summed E-state index contributed by atoms with van der Waals surface area (Å²) >= 11 is 0. The smallest absolute Gasteiger partial charge is 0.337 e. The SMILES string of the molecule is CCCCc1nc2c(N)nc3cc(C(=O)OC)ccc3c2n1CCCCN. The Morgan fingerprint density at radius 1 is 1.22 bits per heavy atom. The van der Waals surface area contributed by atoms with Crippen LogP contribution in [0.25, 0.3) is 21.9 Å². The minimum Gasteiger partial charge on any atom is -0.465 e. The number of methoxy groups -OCH3 is 1. The highest BCUT2D eigenvalue weighted by Gasteiger charge is 2.18. The number of carbonyl (C=O) groups excluding carboxylic acids is 1. The van der Waals surface area contributed by atoms with Crippen molar-refractivity contribution in [1.82, 2.24) is 14.5 Å². The van der Waals surface area contributed by atoms with E-state index in [0.29, 0.717) is 23.4 Å². The summed E-state index contributed by atoms with van der Waals surface area (Å²) in [6.07, 6.45) is 5.00. The first kappa shape index (κ1) is 19.1. The number of unbranched alkanes of at least 4 members (excludes halogenated alkanes) is 2. The van der Waals surface area contributed by atoms with Crippen LogP contribution >= 0.6 is 0 Å². The maximum Gasteiger partial charge on any atom is 0.337 e. The molecule has 0 aliphatic rings. The molecule has 0 amide bonds. The van der Waals surface area contributed by atoms with Crippen LogP contribution in [0.1, 0.15) is 48.8 Å². The maximum atomic E-state index is 11.9. The quantitative estimate of drug-likeness (QED) is 0.466. The van der Waals surface area contributed by atoms with Gasteiger partial charge in [-0.1, -0.05) is 13.3 Å². The number of anilines is 1. The lowest BCUT2D eigenvalue weighted by Gasteiger charge is -2.11. The summed E-state index contributed by atoms with van der Waals surface area (Å²) in [5, 5.41) is 0.940. The van der Waals surface area contributed by atoms with Crippen molar-refractivity contribution in [2.24, 2.45) is 5.73 Å². The molecule has 27 heavy (non-hydrogen) atoms. The number of fused-ring (bicyclic) bond motifs is 3. The number of ether oxygens (including phenoxy) is 1. The van der Waals surface area contributed by atoms with Gasteiger partial charge in [0.05, 0.1) is 23.7 Å². The van der Waals surface area contributed by atoms with Gasteiger partial charge in [0.25, 0.3) is 0 Å². The summed E-state index contributed by atoms with van der Waals surface area (Å²) in [6.45, 7) is 3.68. The van der Waals surface area contributed by atoms with Crippen molar-refractivity contribution in [2.45, 2.75) is 45.6 Å². The first-order valence-corrected chi connectivity index (χ1v) is 9.47. The molecule has 4 N–H and O–H groups in total. The molecule has 3 aromatic rings. The zero-order valence-corrected chi connectivity index (χ0v) is 16.0. The molecule has 0 aliphatic heterocycles. The van der Waals surface area contributed by atoms with Crippen LogP contribution < -0.4 is 11.5 Å². The Balaban J connectivity index is 2.20. The van der Waals surface area contributed by atoms with Crippen molar-refractivity contribution in [1.29, 1.82) is 0 Å². The maximum absolute atomic E-state index is 11.9. The highest BCUT2D eigenvalue weighted by atomic mass is 16.5. The Morgan fingerprint density at radius 2 is 2.04 bits per heavy atom. The molecule has 7 nitrogen and oxygen atoms in total. The van der Waals surface area contributed by atoms with Gasteiger partial charge in [-0.3, -0.25) is 0 Å². The molecule has 2 aromatic heterocycles. The molecule has 0 atom stereocenters. The lowest BCUT2D eigenvalue weighted by atomic mass is 10.1. The van der Waals surface area contributed by atoms with Gasteiger partial charge in [-0.25, -0.2) is 14.8 Å². The summed E-state index contributed by atoms with van der Waals surface area (Å²) in [7, 11) is 1.37. The highest BCUT2D eigenvalue weighted by molar-refractivity contribution is 6.08. The molecule has 1 aromatic carbocycles. The second kappa shape index (κ2) is 8.35. The number of carbonyl (C=O) groups is 1. The van der Waals surface area contributed by atoms with Crippen molar-refractivity contribution >= 4 is 33.7 Å². The third-order valence-corrected chi connectivity index (χ3v) is 4.79. The number of aromatic nitrogens is 3. The van der Waals surface area contributed by atoms with Crippen LogP contribution in [0.15, 0.2) is 18.2 Å². The van der Waals surface area contributed by atoms with E-state index in [0.717, 1.165) is 60.9 Å². The number of nitrogens with zero attached hydrogens (tertiary/aromatic N) is 3.